The first-order chi connectivity index (χ1) is 11.9. The van der Waals surface area contributed by atoms with Gasteiger partial charge in [0.25, 0.3) is 0 Å². The van der Waals surface area contributed by atoms with Crippen LogP contribution in [0.1, 0.15) is 32.3 Å². The highest BCUT2D eigenvalue weighted by atomic mass is 28.2. The van der Waals surface area contributed by atoms with E-state index in [9.17, 15) is 0 Å². The van der Waals surface area contributed by atoms with Crippen molar-refractivity contribution in [1.29, 1.82) is 0 Å². The molecular formula is C20H21N4Si. The molecule has 0 bridgehead atoms. The smallest absolute Gasteiger partial charge is 0.112 e. The van der Waals surface area contributed by atoms with Crippen molar-refractivity contribution in [3.8, 4) is 22.6 Å². The lowest BCUT2D eigenvalue weighted by atomic mass is 9.96. The molecule has 3 heterocycles. The summed E-state index contributed by atoms with van der Waals surface area (Å²) in [6.45, 7) is 8.53. The number of imidazole rings is 1. The van der Waals surface area contributed by atoms with Crippen LogP contribution in [0, 0.1) is 6.92 Å². The number of aryl methyl sites for hydroxylation is 1. The molecule has 4 rings (SSSR count). The van der Waals surface area contributed by atoms with Crippen LogP contribution in [0.3, 0.4) is 0 Å². The maximum atomic E-state index is 4.96. The second-order valence-electron chi connectivity index (χ2n) is 7.42. The molecule has 2 aromatic heterocycles. The van der Waals surface area contributed by atoms with Gasteiger partial charge in [0.2, 0.25) is 0 Å². The van der Waals surface area contributed by atoms with E-state index >= 15 is 0 Å². The van der Waals surface area contributed by atoms with Crippen LogP contribution in [0.25, 0.3) is 22.6 Å². The summed E-state index contributed by atoms with van der Waals surface area (Å²) >= 11 is 0. The van der Waals surface area contributed by atoms with Crippen molar-refractivity contribution in [2.75, 3.05) is 5.32 Å². The van der Waals surface area contributed by atoms with Gasteiger partial charge in [0.15, 0.2) is 0 Å². The third-order valence-electron chi connectivity index (χ3n) is 4.31. The molecule has 1 aromatic carbocycles. The lowest BCUT2D eigenvalue weighted by Gasteiger charge is -2.14. The van der Waals surface area contributed by atoms with Gasteiger partial charge < -0.3 is 10.3 Å². The molecule has 3 aromatic rings. The van der Waals surface area contributed by atoms with E-state index in [2.05, 4.69) is 55.1 Å². The Hall–Kier alpha value is -2.53. The third kappa shape index (κ3) is 2.96. The van der Waals surface area contributed by atoms with Crippen LogP contribution in [0.4, 0.5) is 5.69 Å². The van der Waals surface area contributed by atoms with Crippen molar-refractivity contribution >= 4 is 25.8 Å². The minimum Gasteiger partial charge on any atom is -0.366 e. The Bertz CT molecular complexity index is 980. The Morgan fingerprint density at radius 2 is 1.88 bits per heavy atom. The van der Waals surface area contributed by atoms with Gasteiger partial charge in [0.1, 0.15) is 5.82 Å². The second kappa shape index (κ2) is 5.77. The molecule has 0 spiro atoms. The molecule has 1 aliphatic rings. The van der Waals surface area contributed by atoms with Gasteiger partial charge in [-0.2, -0.15) is 0 Å². The van der Waals surface area contributed by atoms with E-state index < -0.39 is 0 Å². The summed E-state index contributed by atoms with van der Waals surface area (Å²) in [6, 6.07) is 12.6. The Morgan fingerprint density at radius 3 is 2.64 bits per heavy atom. The summed E-state index contributed by atoms with van der Waals surface area (Å²) in [7, 11) is 0.688. The van der Waals surface area contributed by atoms with Crippen LogP contribution in [-0.2, 0) is 5.41 Å². The number of hydrogen-bond donors (Lipinski definition) is 2. The molecule has 125 valence electrons. The monoisotopic (exact) mass is 345 g/mol. The second-order valence-corrected chi connectivity index (χ2v) is 8.53. The summed E-state index contributed by atoms with van der Waals surface area (Å²) in [5, 5.41) is 4.64. The van der Waals surface area contributed by atoms with Crippen LogP contribution < -0.4 is 10.5 Å². The molecule has 4 nitrogen and oxygen atoms in total. The largest absolute Gasteiger partial charge is 0.366 e. The standard InChI is InChI=1S/C20H21N4Si/c1-12-6-5-7-15(22-12)18-17(23-19(24-18)20(2,3)4)13-8-9-14-16(10-13)25-11-21-14/h5-11,21H,1-4H3,(H,23,24). The molecule has 0 amide bonds. The number of nitrogens with one attached hydrogen (secondary N) is 2. The molecule has 5 heteroatoms. The summed E-state index contributed by atoms with van der Waals surface area (Å²) in [5.74, 6) is 3.09. The minimum absolute atomic E-state index is 0.0510. The van der Waals surface area contributed by atoms with E-state index in [1.807, 2.05) is 25.1 Å². The van der Waals surface area contributed by atoms with Crippen molar-refractivity contribution in [2.45, 2.75) is 33.1 Å². The fourth-order valence-corrected chi connectivity index (χ4v) is 3.87. The zero-order valence-corrected chi connectivity index (χ0v) is 15.9. The number of benzene rings is 1. The van der Waals surface area contributed by atoms with Crippen LogP contribution in [0.5, 0.6) is 0 Å². The van der Waals surface area contributed by atoms with Crippen molar-refractivity contribution < 1.29 is 0 Å². The molecule has 1 radical (unpaired) electrons. The van der Waals surface area contributed by atoms with Gasteiger partial charge in [-0.15, -0.1) is 0 Å². The Labute approximate surface area is 150 Å². The van der Waals surface area contributed by atoms with Crippen LogP contribution in [0.2, 0.25) is 0 Å². The highest BCUT2D eigenvalue weighted by molar-refractivity contribution is 6.67. The molecule has 0 saturated carbocycles. The summed E-state index contributed by atoms with van der Waals surface area (Å²) in [4.78, 5) is 13.2. The first kappa shape index (κ1) is 16.0. The normalized spacial score (nSPS) is 13.0. The van der Waals surface area contributed by atoms with Crippen molar-refractivity contribution in [1.82, 2.24) is 15.0 Å². The number of hydrogen-bond acceptors (Lipinski definition) is 3. The van der Waals surface area contributed by atoms with E-state index in [4.69, 9.17) is 9.97 Å². The number of anilines is 1. The maximum Gasteiger partial charge on any atom is 0.112 e. The number of nitrogens with zero attached hydrogens (tertiary/aromatic N) is 2. The summed E-state index contributed by atoms with van der Waals surface area (Å²) in [6.07, 6.45) is 0. The maximum absolute atomic E-state index is 4.96. The minimum atomic E-state index is -0.0510. The first-order valence-electron chi connectivity index (χ1n) is 8.45. The highest BCUT2D eigenvalue weighted by Gasteiger charge is 2.23. The van der Waals surface area contributed by atoms with Crippen LogP contribution in [0.15, 0.2) is 36.4 Å². The lowest BCUT2D eigenvalue weighted by molar-refractivity contribution is 0.553. The van der Waals surface area contributed by atoms with Gasteiger partial charge in [0.05, 0.1) is 26.2 Å². The lowest BCUT2D eigenvalue weighted by Crippen LogP contribution is -2.13. The molecule has 1 aliphatic heterocycles. The number of aromatic amines is 1. The van der Waals surface area contributed by atoms with Crippen LogP contribution in [-0.4, -0.2) is 29.9 Å². The van der Waals surface area contributed by atoms with Crippen molar-refractivity contribution in [3.05, 3.63) is 47.9 Å². The Morgan fingerprint density at radius 1 is 1.04 bits per heavy atom. The molecule has 0 aliphatic carbocycles. The zero-order valence-electron chi connectivity index (χ0n) is 14.9. The Balaban J connectivity index is 1.91. The molecule has 2 N–H and O–H groups in total. The third-order valence-corrected chi connectivity index (χ3v) is 5.32. The Kier molecular flexibility index (Phi) is 3.69. The van der Waals surface area contributed by atoms with E-state index in [-0.39, 0.29) is 5.41 Å². The van der Waals surface area contributed by atoms with Crippen molar-refractivity contribution in [2.24, 2.45) is 0 Å². The van der Waals surface area contributed by atoms with E-state index in [1.165, 1.54) is 10.9 Å². The predicted octanol–water partition coefficient (Wildman–Crippen LogP) is 3.26. The van der Waals surface area contributed by atoms with Gasteiger partial charge in [-0.05, 0) is 42.2 Å². The molecule has 25 heavy (non-hydrogen) atoms. The first-order valence-corrected chi connectivity index (χ1v) is 9.53. The van der Waals surface area contributed by atoms with E-state index in [0.717, 1.165) is 34.2 Å². The molecule has 0 saturated heterocycles. The van der Waals surface area contributed by atoms with Crippen molar-refractivity contribution in [3.63, 3.8) is 0 Å². The van der Waals surface area contributed by atoms with Gasteiger partial charge >= 0.3 is 0 Å². The average Bonchev–Trinajstić information content (AvgIpc) is 3.20. The summed E-state index contributed by atoms with van der Waals surface area (Å²) in [5.41, 5.74) is 6.19. The molecule has 0 fully saturated rings. The molecule has 0 unspecified atom stereocenters. The van der Waals surface area contributed by atoms with E-state index in [1.54, 1.807) is 0 Å². The molecular weight excluding hydrogens is 324 g/mol. The molecule has 0 atom stereocenters. The average molecular weight is 346 g/mol. The van der Waals surface area contributed by atoms with E-state index in [0.29, 0.717) is 9.13 Å². The number of pyridine rings is 1. The quantitative estimate of drug-likeness (QED) is 0.701. The van der Waals surface area contributed by atoms with Crippen LogP contribution >= 0.6 is 0 Å². The number of aromatic nitrogens is 3. The predicted molar refractivity (Wildman–Crippen MR) is 106 cm³/mol. The topological polar surface area (TPSA) is 53.6 Å². The fraction of sp³-hybridized carbons (Fsp3) is 0.250. The number of rotatable bonds is 2. The number of fused-ring (bicyclic) bond motifs is 1. The van der Waals surface area contributed by atoms with Gasteiger partial charge in [-0.3, -0.25) is 4.98 Å². The number of H-pyrrole nitrogens is 1. The SMILES string of the molecule is Cc1cccc(-c2[nH]c(C(C)(C)C)nc2-c2ccc3c(c2)[Si]=CN3)n1. The van der Waals surface area contributed by atoms with Gasteiger partial charge in [0, 0.05) is 22.4 Å². The highest BCUT2D eigenvalue weighted by Crippen LogP contribution is 2.33. The summed E-state index contributed by atoms with van der Waals surface area (Å²) < 4.78 is 0. The van der Waals surface area contributed by atoms with Gasteiger partial charge in [-0.25, -0.2) is 4.98 Å². The fourth-order valence-electron chi connectivity index (χ4n) is 2.93. The van der Waals surface area contributed by atoms with Gasteiger partial charge in [-0.1, -0.05) is 32.9 Å². The zero-order chi connectivity index (χ0) is 17.6.